The van der Waals surface area contributed by atoms with E-state index < -0.39 is 0 Å². The summed E-state index contributed by atoms with van der Waals surface area (Å²) in [5.74, 6) is 3.53. The van der Waals surface area contributed by atoms with Crippen molar-refractivity contribution < 1.29 is 9.66 Å². The van der Waals surface area contributed by atoms with Gasteiger partial charge < -0.3 is 10.1 Å². The molecule has 20 heavy (non-hydrogen) atoms. The second kappa shape index (κ2) is 4.11. The summed E-state index contributed by atoms with van der Waals surface area (Å²) in [5.41, 5.74) is 0.667. The molecule has 3 fully saturated rings. The molecular weight excluding hydrogens is 256 g/mol. The molecule has 5 nitrogen and oxygen atoms in total. The van der Waals surface area contributed by atoms with Gasteiger partial charge in [0, 0.05) is 6.04 Å². The highest BCUT2D eigenvalue weighted by Crippen LogP contribution is 2.66. The number of nitro groups is 1. The Morgan fingerprint density at radius 3 is 2.60 bits per heavy atom. The molecule has 0 spiro atoms. The Hall–Kier alpha value is -1.78. The van der Waals surface area contributed by atoms with Crippen LogP contribution in [0, 0.1) is 33.8 Å². The minimum Gasteiger partial charge on any atom is -0.490 e. The van der Waals surface area contributed by atoms with Crippen LogP contribution in [-0.2, 0) is 0 Å². The Labute approximate surface area is 117 Å². The van der Waals surface area contributed by atoms with Crippen molar-refractivity contribution in [2.75, 3.05) is 12.4 Å². The van der Waals surface area contributed by atoms with Crippen LogP contribution in [0.4, 0.5) is 11.4 Å². The zero-order valence-electron chi connectivity index (χ0n) is 11.4. The molecule has 0 saturated heterocycles. The second-order valence-corrected chi connectivity index (χ2v) is 6.27. The Kier molecular flexibility index (Phi) is 2.46. The number of hydrogen-bond donors (Lipinski definition) is 1. The highest BCUT2D eigenvalue weighted by molar-refractivity contribution is 5.69. The van der Waals surface area contributed by atoms with Gasteiger partial charge in [-0.25, -0.2) is 0 Å². The molecular formula is C15H18N2O3. The summed E-state index contributed by atoms with van der Waals surface area (Å²) in [7, 11) is 1.47. The van der Waals surface area contributed by atoms with Crippen LogP contribution in [0.1, 0.15) is 19.3 Å². The monoisotopic (exact) mass is 274 g/mol. The third kappa shape index (κ3) is 1.55. The highest BCUT2D eigenvalue weighted by atomic mass is 16.6. The van der Waals surface area contributed by atoms with Crippen molar-refractivity contribution in [3.05, 3.63) is 28.3 Å². The fraction of sp³-hybridized carbons (Fsp3) is 0.600. The third-order valence-electron chi connectivity index (χ3n) is 5.46. The lowest BCUT2D eigenvalue weighted by Crippen LogP contribution is -2.14. The van der Waals surface area contributed by atoms with Gasteiger partial charge in [-0.1, -0.05) is 6.07 Å². The molecule has 3 saturated carbocycles. The smallest absolute Gasteiger partial charge is 0.333 e. The summed E-state index contributed by atoms with van der Waals surface area (Å²) in [6.45, 7) is 0. The van der Waals surface area contributed by atoms with E-state index >= 15 is 0 Å². The highest BCUT2D eigenvalue weighted by Gasteiger charge is 2.65. The minimum atomic E-state index is -0.353. The first-order chi connectivity index (χ1) is 9.70. The number of rotatable bonds is 4. The molecule has 106 valence electrons. The number of hydrogen-bond acceptors (Lipinski definition) is 4. The molecule has 0 radical (unpaired) electrons. The van der Waals surface area contributed by atoms with Crippen LogP contribution in [0.15, 0.2) is 18.2 Å². The summed E-state index contributed by atoms with van der Waals surface area (Å²) < 4.78 is 5.12. The van der Waals surface area contributed by atoms with E-state index in [4.69, 9.17) is 4.74 Å². The molecule has 4 rings (SSSR count). The van der Waals surface area contributed by atoms with E-state index in [1.807, 2.05) is 0 Å². The Bertz CT molecular complexity index is 558. The number of benzene rings is 1. The number of methoxy groups -OCH3 is 1. The van der Waals surface area contributed by atoms with Crippen molar-refractivity contribution in [3.8, 4) is 5.75 Å². The predicted molar refractivity (Wildman–Crippen MR) is 74.9 cm³/mol. The average Bonchev–Trinajstić information content (AvgIpc) is 2.84. The predicted octanol–water partition coefficient (Wildman–Crippen LogP) is 3.06. The molecule has 0 aliphatic heterocycles. The molecule has 0 amide bonds. The lowest BCUT2D eigenvalue weighted by molar-refractivity contribution is -0.384. The number of fused-ring (bicyclic) bond motifs is 5. The van der Waals surface area contributed by atoms with Crippen molar-refractivity contribution in [3.63, 3.8) is 0 Å². The summed E-state index contributed by atoms with van der Waals surface area (Å²) >= 11 is 0. The molecule has 4 atom stereocenters. The van der Waals surface area contributed by atoms with Crippen LogP contribution in [0.5, 0.6) is 5.75 Å². The molecule has 3 aliphatic rings. The fourth-order valence-electron chi connectivity index (χ4n) is 4.69. The Morgan fingerprint density at radius 1 is 1.30 bits per heavy atom. The Morgan fingerprint density at radius 2 is 2.00 bits per heavy atom. The summed E-state index contributed by atoms with van der Waals surface area (Å²) in [4.78, 5) is 10.9. The van der Waals surface area contributed by atoms with E-state index in [-0.39, 0.29) is 10.6 Å². The van der Waals surface area contributed by atoms with E-state index in [1.165, 1.54) is 26.4 Å². The molecule has 4 unspecified atom stereocenters. The van der Waals surface area contributed by atoms with Gasteiger partial charge in [0.05, 0.1) is 12.0 Å². The van der Waals surface area contributed by atoms with Crippen molar-refractivity contribution >= 4 is 11.4 Å². The van der Waals surface area contributed by atoms with Crippen molar-refractivity contribution in [1.29, 1.82) is 0 Å². The number of nitrogens with one attached hydrogen (secondary N) is 1. The molecule has 1 N–H and O–H groups in total. The third-order valence-corrected chi connectivity index (χ3v) is 5.46. The second-order valence-electron chi connectivity index (χ2n) is 6.27. The first-order valence-corrected chi connectivity index (χ1v) is 7.28. The first-order valence-electron chi connectivity index (χ1n) is 7.28. The average molecular weight is 274 g/mol. The zero-order chi connectivity index (χ0) is 13.9. The lowest BCUT2D eigenvalue weighted by Gasteiger charge is -2.13. The number of nitro benzene ring substituents is 1. The van der Waals surface area contributed by atoms with Crippen LogP contribution in [0.3, 0.4) is 0 Å². The van der Waals surface area contributed by atoms with Gasteiger partial charge in [0.2, 0.25) is 0 Å². The van der Waals surface area contributed by atoms with Crippen LogP contribution >= 0.6 is 0 Å². The first kappa shape index (κ1) is 12.0. The SMILES string of the molecule is COc1cccc(NC2C3C4CCC(C4)C23)c1[N+](=O)[O-]. The van der Waals surface area contributed by atoms with Gasteiger partial charge in [-0.15, -0.1) is 0 Å². The largest absolute Gasteiger partial charge is 0.490 e. The van der Waals surface area contributed by atoms with Gasteiger partial charge in [0.15, 0.2) is 5.75 Å². The maximum absolute atomic E-state index is 11.3. The topological polar surface area (TPSA) is 64.4 Å². The maximum atomic E-state index is 11.3. The molecule has 2 bridgehead atoms. The fourth-order valence-corrected chi connectivity index (χ4v) is 4.69. The lowest BCUT2D eigenvalue weighted by atomic mass is 10.0. The van der Waals surface area contributed by atoms with Crippen LogP contribution in [0.2, 0.25) is 0 Å². The molecule has 3 aliphatic carbocycles. The normalized spacial score (nSPS) is 36.5. The maximum Gasteiger partial charge on any atom is 0.333 e. The quantitative estimate of drug-likeness (QED) is 0.677. The number of nitrogens with zero attached hydrogens (tertiary/aromatic N) is 1. The van der Waals surface area contributed by atoms with Gasteiger partial charge in [0.25, 0.3) is 0 Å². The number of anilines is 1. The zero-order valence-corrected chi connectivity index (χ0v) is 11.4. The van der Waals surface area contributed by atoms with Gasteiger partial charge in [-0.3, -0.25) is 10.1 Å². The van der Waals surface area contributed by atoms with Crippen LogP contribution in [0.25, 0.3) is 0 Å². The molecule has 0 aromatic heterocycles. The molecule has 1 aromatic carbocycles. The van der Waals surface area contributed by atoms with E-state index in [0.717, 1.165) is 23.7 Å². The molecule has 1 aromatic rings. The van der Waals surface area contributed by atoms with E-state index in [2.05, 4.69) is 5.32 Å². The van der Waals surface area contributed by atoms with E-state index in [1.54, 1.807) is 18.2 Å². The van der Waals surface area contributed by atoms with E-state index in [0.29, 0.717) is 17.5 Å². The van der Waals surface area contributed by atoms with Crippen molar-refractivity contribution in [2.45, 2.75) is 25.3 Å². The number of ether oxygens (including phenoxy) is 1. The van der Waals surface area contributed by atoms with Gasteiger partial charge in [-0.2, -0.15) is 0 Å². The van der Waals surface area contributed by atoms with Gasteiger partial charge >= 0.3 is 5.69 Å². The molecule has 0 heterocycles. The van der Waals surface area contributed by atoms with E-state index in [9.17, 15) is 10.1 Å². The van der Waals surface area contributed by atoms with Crippen LogP contribution in [-0.4, -0.2) is 18.1 Å². The summed E-state index contributed by atoms with van der Waals surface area (Å²) in [6, 6.07) is 5.67. The van der Waals surface area contributed by atoms with Crippen molar-refractivity contribution in [1.82, 2.24) is 0 Å². The van der Waals surface area contributed by atoms with Gasteiger partial charge in [0.1, 0.15) is 5.69 Å². The minimum absolute atomic E-state index is 0.0623. The van der Waals surface area contributed by atoms with Crippen molar-refractivity contribution in [2.24, 2.45) is 23.7 Å². The molecule has 5 heteroatoms. The van der Waals surface area contributed by atoms with Gasteiger partial charge in [-0.05, 0) is 55.1 Å². The Balaban J connectivity index is 1.60. The number of para-hydroxylation sites is 1. The van der Waals surface area contributed by atoms with Crippen LogP contribution < -0.4 is 10.1 Å². The summed E-state index contributed by atoms with van der Waals surface area (Å²) in [6.07, 6.45) is 4.09. The standard InChI is InChI=1S/C15H18N2O3/c1-20-11-4-2-3-10(15(11)17(18)19)16-14-12-8-5-6-9(7-8)13(12)14/h2-4,8-9,12-14,16H,5-7H2,1H3. The summed E-state index contributed by atoms with van der Waals surface area (Å²) in [5, 5.41) is 14.7.